The Morgan fingerprint density at radius 3 is 1.53 bits per heavy atom. The number of aromatic nitrogens is 3. The molecule has 2 heterocycles. The normalized spacial score (nSPS) is 11.7. The summed E-state index contributed by atoms with van der Waals surface area (Å²) in [6, 6.07) is 56.7. The van der Waals surface area contributed by atoms with Crippen LogP contribution >= 0.6 is 0 Å². The Balaban J connectivity index is 1.33. The summed E-state index contributed by atoms with van der Waals surface area (Å²) in [4.78, 5) is 15.2. The molecule has 228 valence electrons. The molecule has 0 saturated heterocycles. The van der Waals surface area contributed by atoms with Crippen molar-refractivity contribution in [2.24, 2.45) is 0 Å². The van der Waals surface area contributed by atoms with E-state index in [1.54, 1.807) is 0 Å². The van der Waals surface area contributed by atoms with E-state index in [1.165, 1.54) is 16.2 Å². The first-order valence-electron chi connectivity index (χ1n) is 16.5. The molecule has 4 nitrogen and oxygen atoms in total. The molecule has 2 aromatic heterocycles. The van der Waals surface area contributed by atoms with E-state index in [9.17, 15) is 0 Å². The summed E-state index contributed by atoms with van der Waals surface area (Å²) in [6.45, 7) is 0. The lowest BCUT2D eigenvalue weighted by Gasteiger charge is -2.14. The molecule has 0 radical (unpaired) electrons. The van der Waals surface area contributed by atoms with E-state index in [2.05, 4.69) is 103 Å². The van der Waals surface area contributed by atoms with Crippen molar-refractivity contribution >= 4 is 54.3 Å². The van der Waals surface area contributed by atoms with E-state index >= 15 is 0 Å². The van der Waals surface area contributed by atoms with Gasteiger partial charge in [0.2, 0.25) is 0 Å². The van der Waals surface area contributed by atoms with Gasteiger partial charge >= 0.3 is 0 Å². The highest BCUT2D eigenvalue weighted by molar-refractivity contribution is 6.31. The van der Waals surface area contributed by atoms with Crippen molar-refractivity contribution in [1.29, 1.82) is 0 Å². The van der Waals surface area contributed by atoms with Gasteiger partial charge in [-0.3, -0.25) is 0 Å². The topological polar surface area (TPSA) is 51.8 Å². The molecule has 10 rings (SSSR count). The minimum absolute atomic E-state index is 0.618. The van der Waals surface area contributed by atoms with Gasteiger partial charge in [0.25, 0.3) is 0 Å². The predicted molar refractivity (Wildman–Crippen MR) is 201 cm³/mol. The molecule has 0 amide bonds. The van der Waals surface area contributed by atoms with Gasteiger partial charge in [-0.1, -0.05) is 152 Å². The molecule has 0 aliphatic carbocycles. The average molecular weight is 626 g/mol. The molecule has 10 aromatic rings. The highest BCUT2D eigenvalue weighted by Crippen LogP contribution is 2.47. The predicted octanol–water partition coefficient (Wildman–Crippen LogP) is 11.9. The summed E-state index contributed by atoms with van der Waals surface area (Å²) >= 11 is 0. The van der Waals surface area contributed by atoms with E-state index in [4.69, 9.17) is 19.4 Å². The monoisotopic (exact) mass is 625 g/mol. The fourth-order valence-electron chi connectivity index (χ4n) is 7.25. The van der Waals surface area contributed by atoms with Crippen molar-refractivity contribution in [3.05, 3.63) is 164 Å². The molecule has 0 aliphatic heterocycles. The molecule has 0 spiro atoms. The average Bonchev–Trinajstić information content (AvgIpc) is 3.58. The zero-order chi connectivity index (χ0) is 32.3. The molecule has 0 N–H and O–H groups in total. The Hall–Kier alpha value is -6.65. The molecular formula is C45H27N3O. The van der Waals surface area contributed by atoms with E-state index < -0.39 is 0 Å². The quantitative estimate of drug-likeness (QED) is 0.183. The third-order valence-corrected chi connectivity index (χ3v) is 9.49. The Bertz CT molecular complexity index is 2820. The smallest absolute Gasteiger partial charge is 0.164 e. The lowest BCUT2D eigenvalue weighted by Crippen LogP contribution is -2.01. The summed E-state index contributed by atoms with van der Waals surface area (Å²) in [7, 11) is 0. The minimum Gasteiger partial charge on any atom is -0.455 e. The summed E-state index contributed by atoms with van der Waals surface area (Å²) in [5.41, 5.74) is 6.66. The summed E-state index contributed by atoms with van der Waals surface area (Å²) in [5, 5.41) is 9.12. The second-order valence-electron chi connectivity index (χ2n) is 12.4. The molecule has 0 atom stereocenters. The number of hydrogen-bond acceptors (Lipinski definition) is 4. The Morgan fingerprint density at radius 2 is 0.857 bits per heavy atom. The molecule has 0 aliphatic rings. The van der Waals surface area contributed by atoms with Gasteiger partial charge in [0.1, 0.15) is 11.2 Å². The first-order chi connectivity index (χ1) is 24.3. The number of rotatable bonds is 4. The lowest BCUT2D eigenvalue weighted by atomic mass is 9.90. The van der Waals surface area contributed by atoms with Gasteiger partial charge in [0, 0.05) is 32.8 Å². The fraction of sp³-hybridized carbons (Fsp3) is 0. The Kier molecular flexibility index (Phi) is 6.15. The lowest BCUT2D eigenvalue weighted by molar-refractivity contribution is 0.673. The number of furan rings is 1. The van der Waals surface area contributed by atoms with Crippen molar-refractivity contribution < 1.29 is 4.42 Å². The van der Waals surface area contributed by atoms with Crippen molar-refractivity contribution in [3.8, 4) is 45.3 Å². The van der Waals surface area contributed by atoms with Crippen LogP contribution in [0.3, 0.4) is 0 Å². The molecule has 0 saturated carbocycles. The van der Waals surface area contributed by atoms with E-state index in [1.807, 2.05) is 60.7 Å². The summed E-state index contributed by atoms with van der Waals surface area (Å²) in [5.74, 6) is 1.89. The van der Waals surface area contributed by atoms with Crippen LogP contribution in [-0.4, -0.2) is 15.0 Å². The van der Waals surface area contributed by atoms with Gasteiger partial charge in [-0.2, -0.15) is 0 Å². The van der Waals surface area contributed by atoms with E-state index in [0.29, 0.717) is 17.5 Å². The van der Waals surface area contributed by atoms with Crippen LogP contribution in [0.15, 0.2) is 168 Å². The maximum atomic E-state index is 6.90. The third-order valence-electron chi connectivity index (χ3n) is 9.49. The number of hydrogen-bond donors (Lipinski definition) is 0. The standard InChI is InChI=1S/C45H27N3O/c1-3-15-30(16-4-1)43-46-44(31-17-5-2-6-18-31)48-45(47-43)36-22-12-11-21-35(36)37-27-32-24-23-28-13-7-9-19-33(28)39(32)42-41(37)40-34-20-10-8-14-29(34)25-26-38(40)49-42/h1-27H. The SMILES string of the molecule is c1ccc(-c2nc(-c3ccccc3)nc(-c3ccccc3-c3cc4ccc5ccccc5c4c4oc5ccc6ccccc6c5c34)n2)cc1. The van der Waals surface area contributed by atoms with Crippen molar-refractivity contribution in [1.82, 2.24) is 15.0 Å². The second kappa shape index (κ2) is 11.0. The molecule has 8 aromatic carbocycles. The van der Waals surface area contributed by atoms with Gasteiger partial charge in [0.15, 0.2) is 17.5 Å². The maximum Gasteiger partial charge on any atom is 0.164 e. The van der Waals surface area contributed by atoms with Crippen LogP contribution in [0.5, 0.6) is 0 Å². The van der Waals surface area contributed by atoms with Crippen LogP contribution in [-0.2, 0) is 0 Å². The number of nitrogens with zero attached hydrogens (tertiary/aromatic N) is 3. The summed E-state index contributed by atoms with van der Waals surface area (Å²) in [6.07, 6.45) is 0. The Labute approximate surface area is 282 Å². The Morgan fingerprint density at radius 1 is 0.347 bits per heavy atom. The molecule has 0 bridgehead atoms. The first kappa shape index (κ1) is 27.5. The molecule has 0 fully saturated rings. The first-order valence-corrected chi connectivity index (χ1v) is 16.5. The van der Waals surface area contributed by atoms with Gasteiger partial charge in [-0.15, -0.1) is 0 Å². The number of benzene rings is 8. The van der Waals surface area contributed by atoms with Crippen LogP contribution in [0.4, 0.5) is 0 Å². The van der Waals surface area contributed by atoms with Crippen LogP contribution in [0.2, 0.25) is 0 Å². The van der Waals surface area contributed by atoms with Crippen molar-refractivity contribution in [3.63, 3.8) is 0 Å². The van der Waals surface area contributed by atoms with Gasteiger partial charge in [0.05, 0.1) is 0 Å². The molecule has 49 heavy (non-hydrogen) atoms. The maximum absolute atomic E-state index is 6.90. The van der Waals surface area contributed by atoms with Crippen molar-refractivity contribution in [2.45, 2.75) is 0 Å². The zero-order valence-electron chi connectivity index (χ0n) is 26.3. The van der Waals surface area contributed by atoms with Gasteiger partial charge < -0.3 is 4.42 Å². The molecule has 0 unspecified atom stereocenters. The fourth-order valence-corrected chi connectivity index (χ4v) is 7.25. The van der Waals surface area contributed by atoms with Gasteiger partial charge in [-0.25, -0.2) is 15.0 Å². The number of fused-ring (bicyclic) bond motifs is 9. The zero-order valence-corrected chi connectivity index (χ0v) is 26.3. The van der Waals surface area contributed by atoms with Crippen LogP contribution < -0.4 is 0 Å². The molecule has 4 heteroatoms. The highest BCUT2D eigenvalue weighted by Gasteiger charge is 2.22. The van der Waals surface area contributed by atoms with Crippen LogP contribution in [0, 0.1) is 0 Å². The van der Waals surface area contributed by atoms with Gasteiger partial charge in [-0.05, 0) is 50.2 Å². The van der Waals surface area contributed by atoms with Crippen LogP contribution in [0.1, 0.15) is 0 Å². The third kappa shape index (κ3) is 4.42. The minimum atomic E-state index is 0.618. The summed E-state index contributed by atoms with van der Waals surface area (Å²) < 4.78 is 6.90. The van der Waals surface area contributed by atoms with Crippen LogP contribution in [0.25, 0.3) is 99.5 Å². The van der Waals surface area contributed by atoms with Crippen molar-refractivity contribution in [2.75, 3.05) is 0 Å². The van der Waals surface area contributed by atoms with E-state index in [0.717, 1.165) is 65.9 Å². The largest absolute Gasteiger partial charge is 0.455 e. The van der Waals surface area contributed by atoms with E-state index in [-0.39, 0.29) is 0 Å². The second-order valence-corrected chi connectivity index (χ2v) is 12.4. The molecular weight excluding hydrogens is 599 g/mol. The highest BCUT2D eigenvalue weighted by atomic mass is 16.3.